The summed E-state index contributed by atoms with van der Waals surface area (Å²) in [5.41, 5.74) is 2.94. The fraction of sp³-hybridized carbons (Fsp3) is 0.167. The molecule has 0 aliphatic rings. The fourth-order valence-electron chi connectivity index (χ4n) is 1.58. The molecular formula is C12H15ClN4. The molecule has 1 aromatic heterocycles. The molecule has 2 rings (SSSR count). The van der Waals surface area contributed by atoms with Crippen molar-refractivity contribution < 1.29 is 0 Å². The van der Waals surface area contributed by atoms with Gasteiger partial charge in [-0.05, 0) is 18.6 Å². The van der Waals surface area contributed by atoms with Crippen molar-refractivity contribution in [2.75, 3.05) is 12.1 Å². The molecule has 0 fully saturated rings. The Labute approximate surface area is 107 Å². The number of halogens is 1. The molecule has 0 unspecified atom stereocenters. The highest BCUT2D eigenvalue weighted by atomic mass is 35.5. The highest BCUT2D eigenvalue weighted by molar-refractivity contribution is 5.85. The molecule has 1 heterocycles. The van der Waals surface area contributed by atoms with E-state index in [2.05, 4.69) is 10.2 Å². The molecule has 2 N–H and O–H groups in total. The van der Waals surface area contributed by atoms with E-state index < -0.39 is 0 Å². The number of hydrogen-bond donors (Lipinski definition) is 1. The number of nitrogens with two attached hydrogens (primary N) is 1. The molecule has 0 bridgehead atoms. The Morgan fingerprint density at radius 1 is 1.12 bits per heavy atom. The summed E-state index contributed by atoms with van der Waals surface area (Å²) in [7, 11) is 1.75. The van der Waals surface area contributed by atoms with Gasteiger partial charge >= 0.3 is 0 Å². The predicted molar refractivity (Wildman–Crippen MR) is 72.0 cm³/mol. The lowest BCUT2D eigenvalue weighted by atomic mass is 10.1. The van der Waals surface area contributed by atoms with Crippen LogP contribution in [0.3, 0.4) is 0 Å². The van der Waals surface area contributed by atoms with Crippen molar-refractivity contribution in [3.8, 4) is 11.3 Å². The van der Waals surface area contributed by atoms with E-state index in [1.807, 2.05) is 43.3 Å². The summed E-state index contributed by atoms with van der Waals surface area (Å²) in [6.45, 7) is 1.97. The lowest BCUT2D eigenvalue weighted by molar-refractivity contribution is 0.909. The zero-order valence-electron chi connectivity index (χ0n) is 9.79. The summed E-state index contributed by atoms with van der Waals surface area (Å²) in [6.07, 6.45) is 0. The first kappa shape index (κ1) is 13.4. The number of aromatic nitrogens is 2. The molecule has 5 heteroatoms. The van der Waals surface area contributed by atoms with Gasteiger partial charge in [-0.2, -0.15) is 0 Å². The van der Waals surface area contributed by atoms with Crippen LogP contribution in [0, 0.1) is 6.92 Å². The average Bonchev–Trinajstić information content (AvgIpc) is 2.29. The van der Waals surface area contributed by atoms with Gasteiger partial charge in [-0.25, -0.2) is 5.84 Å². The lowest BCUT2D eigenvalue weighted by Gasteiger charge is -2.13. The molecule has 90 valence electrons. The molecule has 0 saturated carbocycles. The van der Waals surface area contributed by atoms with Gasteiger partial charge in [0.25, 0.3) is 0 Å². The van der Waals surface area contributed by atoms with Crippen LogP contribution in [0.25, 0.3) is 11.3 Å². The number of hydrogen-bond acceptors (Lipinski definition) is 4. The van der Waals surface area contributed by atoms with Crippen molar-refractivity contribution in [3.63, 3.8) is 0 Å². The SMILES string of the molecule is Cc1cc(-c2ccccc2)nnc1N(C)N.Cl. The molecule has 1 aromatic carbocycles. The van der Waals surface area contributed by atoms with Crippen LogP contribution in [0.4, 0.5) is 5.82 Å². The van der Waals surface area contributed by atoms with E-state index in [0.29, 0.717) is 5.82 Å². The molecule has 0 aliphatic heterocycles. The summed E-state index contributed by atoms with van der Waals surface area (Å²) in [5.74, 6) is 6.33. The molecule has 0 radical (unpaired) electrons. The second-order valence-electron chi connectivity index (χ2n) is 3.71. The van der Waals surface area contributed by atoms with E-state index in [1.165, 1.54) is 5.01 Å². The van der Waals surface area contributed by atoms with Crippen LogP contribution in [-0.2, 0) is 0 Å². The first-order valence-corrected chi connectivity index (χ1v) is 5.06. The maximum Gasteiger partial charge on any atom is 0.167 e. The van der Waals surface area contributed by atoms with Crippen LogP contribution in [0.1, 0.15) is 5.56 Å². The number of hydrazine groups is 1. The molecule has 0 amide bonds. The highest BCUT2D eigenvalue weighted by Gasteiger charge is 2.06. The summed E-state index contributed by atoms with van der Waals surface area (Å²) < 4.78 is 0. The van der Waals surface area contributed by atoms with Crippen molar-refractivity contribution in [1.82, 2.24) is 10.2 Å². The summed E-state index contributed by atoms with van der Waals surface area (Å²) in [4.78, 5) is 0. The van der Waals surface area contributed by atoms with Gasteiger partial charge in [0, 0.05) is 12.6 Å². The Morgan fingerprint density at radius 3 is 2.29 bits per heavy atom. The zero-order valence-corrected chi connectivity index (χ0v) is 10.6. The monoisotopic (exact) mass is 250 g/mol. The van der Waals surface area contributed by atoms with Gasteiger partial charge in [0.15, 0.2) is 5.82 Å². The minimum absolute atomic E-state index is 0. The Morgan fingerprint density at radius 2 is 1.76 bits per heavy atom. The van der Waals surface area contributed by atoms with Crippen LogP contribution in [0.5, 0.6) is 0 Å². The second-order valence-corrected chi connectivity index (χ2v) is 3.71. The second kappa shape index (κ2) is 5.61. The van der Waals surface area contributed by atoms with Gasteiger partial charge < -0.3 is 0 Å². The van der Waals surface area contributed by atoms with E-state index in [4.69, 9.17) is 5.84 Å². The smallest absolute Gasteiger partial charge is 0.167 e. The molecule has 2 aromatic rings. The topological polar surface area (TPSA) is 55.0 Å². The molecule has 0 spiro atoms. The average molecular weight is 251 g/mol. The highest BCUT2D eigenvalue weighted by Crippen LogP contribution is 2.20. The third-order valence-corrected chi connectivity index (χ3v) is 2.36. The number of rotatable bonds is 2. The zero-order chi connectivity index (χ0) is 11.5. The number of nitrogens with zero attached hydrogens (tertiary/aromatic N) is 3. The van der Waals surface area contributed by atoms with Crippen LogP contribution in [-0.4, -0.2) is 17.2 Å². The van der Waals surface area contributed by atoms with E-state index in [1.54, 1.807) is 7.05 Å². The van der Waals surface area contributed by atoms with Crippen LogP contribution < -0.4 is 10.9 Å². The molecule has 0 aliphatic carbocycles. The van der Waals surface area contributed by atoms with Crippen molar-refractivity contribution in [2.24, 2.45) is 5.84 Å². The molecule has 17 heavy (non-hydrogen) atoms. The Hall–Kier alpha value is -1.65. The molecule has 0 saturated heterocycles. The number of benzene rings is 1. The Kier molecular flexibility index (Phi) is 4.43. The predicted octanol–water partition coefficient (Wildman–Crippen LogP) is 2.18. The van der Waals surface area contributed by atoms with Crippen molar-refractivity contribution in [3.05, 3.63) is 42.0 Å². The van der Waals surface area contributed by atoms with Crippen molar-refractivity contribution in [2.45, 2.75) is 6.92 Å². The first-order chi connectivity index (χ1) is 7.68. The van der Waals surface area contributed by atoms with Crippen LogP contribution in [0.2, 0.25) is 0 Å². The fourth-order valence-corrected chi connectivity index (χ4v) is 1.58. The van der Waals surface area contributed by atoms with Crippen LogP contribution >= 0.6 is 12.4 Å². The van der Waals surface area contributed by atoms with Crippen LogP contribution in [0.15, 0.2) is 36.4 Å². The lowest BCUT2D eigenvalue weighted by Crippen LogP contribution is -2.27. The molecule has 0 atom stereocenters. The summed E-state index contributed by atoms with van der Waals surface area (Å²) in [5, 5.41) is 9.73. The minimum Gasteiger partial charge on any atom is -0.296 e. The summed E-state index contributed by atoms with van der Waals surface area (Å²) >= 11 is 0. The molecule has 4 nitrogen and oxygen atoms in total. The third-order valence-electron chi connectivity index (χ3n) is 2.36. The van der Waals surface area contributed by atoms with Gasteiger partial charge in [0.1, 0.15) is 0 Å². The van der Waals surface area contributed by atoms with Crippen molar-refractivity contribution in [1.29, 1.82) is 0 Å². The maximum atomic E-state index is 5.63. The number of anilines is 1. The quantitative estimate of drug-likeness (QED) is 0.656. The Bertz CT molecular complexity index is 485. The largest absolute Gasteiger partial charge is 0.296 e. The van der Waals surface area contributed by atoms with E-state index >= 15 is 0 Å². The Balaban J connectivity index is 0.00000144. The number of aryl methyl sites for hydroxylation is 1. The molecular weight excluding hydrogens is 236 g/mol. The van der Waals surface area contributed by atoms with Gasteiger partial charge in [0.2, 0.25) is 0 Å². The van der Waals surface area contributed by atoms with Gasteiger partial charge in [-0.15, -0.1) is 22.6 Å². The summed E-state index contributed by atoms with van der Waals surface area (Å²) in [6, 6.07) is 11.9. The third kappa shape index (κ3) is 2.93. The minimum atomic E-state index is 0. The maximum absolute atomic E-state index is 5.63. The van der Waals surface area contributed by atoms with E-state index in [-0.39, 0.29) is 12.4 Å². The van der Waals surface area contributed by atoms with Crippen molar-refractivity contribution >= 4 is 18.2 Å². The van der Waals surface area contributed by atoms with E-state index in [9.17, 15) is 0 Å². The van der Waals surface area contributed by atoms with Gasteiger partial charge in [0.05, 0.1) is 5.69 Å². The van der Waals surface area contributed by atoms with Gasteiger partial charge in [-0.3, -0.25) is 5.01 Å². The standard InChI is InChI=1S/C12H14N4.ClH/c1-9-8-11(10-6-4-3-5-7-10)14-15-12(9)16(2)13;/h3-8H,13H2,1-2H3;1H. The normalized spacial score (nSPS) is 9.59. The first-order valence-electron chi connectivity index (χ1n) is 5.06. The van der Waals surface area contributed by atoms with E-state index in [0.717, 1.165) is 16.8 Å². The van der Waals surface area contributed by atoms with Gasteiger partial charge in [-0.1, -0.05) is 30.3 Å².